The van der Waals surface area contributed by atoms with Gasteiger partial charge in [-0.1, -0.05) is 39.1 Å². The normalized spacial score (nSPS) is 16.3. The molecule has 1 aliphatic rings. The average molecular weight is 445 g/mol. The number of halogens is 3. The van der Waals surface area contributed by atoms with Crippen LogP contribution in [0.1, 0.15) is 5.56 Å². The predicted molar refractivity (Wildman–Crippen MR) is 101 cm³/mol. The van der Waals surface area contributed by atoms with Crippen molar-refractivity contribution >= 4 is 73.8 Å². The molecule has 0 aromatic heterocycles. The third kappa shape index (κ3) is 3.32. The van der Waals surface area contributed by atoms with Crippen molar-refractivity contribution in [3.05, 3.63) is 61.4 Å². The summed E-state index contributed by atoms with van der Waals surface area (Å²) >= 11 is 15.8. The van der Waals surface area contributed by atoms with Gasteiger partial charge in [0.05, 0.1) is 15.6 Å². The van der Waals surface area contributed by atoms with Crippen molar-refractivity contribution < 1.29 is 14.7 Å². The van der Waals surface area contributed by atoms with Gasteiger partial charge in [-0.05, 0) is 54.2 Å². The van der Waals surface area contributed by atoms with E-state index in [9.17, 15) is 14.7 Å². The monoisotopic (exact) mass is 443 g/mol. The second kappa shape index (κ2) is 6.80. The van der Waals surface area contributed by atoms with Crippen LogP contribution in [0, 0.1) is 0 Å². The van der Waals surface area contributed by atoms with Crippen LogP contribution in [-0.2, 0) is 4.79 Å². The fraction of sp³-hybridized carbons (Fsp3) is 0. The van der Waals surface area contributed by atoms with Crippen LogP contribution in [0.15, 0.2) is 45.8 Å². The Morgan fingerprint density at radius 2 is 1.79 bits per heavy atom. The van der Waals surface area contributed by atoms with E-state index in [0.29, 0.717) is 20.7 Å². The number of nitrogens with zero attached hydrogens (tertiary/aromatic N) is 1. The quantitative estimate of drug-likeness (QED) is 0.603. The molecule has 3 rings (SSSR count). The molecule has 122 valence electrons. The van der Waals surface area contributed by atoms with Crippen molar-refractivity contribution in [3.63, 3.8) is 0 Å². The summed E-state index contributed by atoms with van der Waals surface area (Å²) in [5, 5.41) is 10.2. The number of carbonyl (C=O) groups excluding carboxylic acids is 2. The van der Waals surface area contributed by atoms with Crippen molar-refractivity contribution in [2.24, 2.45) is 0 Å². The Bertz CT molecular complexity index is 884. The van der Waals surface area contributed by atoms with Gasteiger partial charge in [-0.2, -0.15) is 0 Å². The summed E-state index contributed by atoms with van der Waals surface area (Å²) in [7, 11) is 0. The number of carbonyl (C=O) groups is 2. The number of rotatable bonds is 2. The van der Waals surface area contributed by atoms with Crippen LogP contribution in [0.4, 0.5) is 10.5 Å². The third-order valence-corrected chi connectivity index (χ3v) is 5.09. The van der Waals surface area contributed by atoms with Crippen LogP contribution < -0.4 is 4.90 Å². The van der Waals surface area contributed by atoms with E-state index in [4.69, 9.17) is 23.2 Å². The first-order valence-electron chi connectivity index (χ1n) is 6.58. The Morgan fingerprint density at radius 1 is 1.12 bits per heavy atom. The fourth-order valence-corrected chi connectivity index (χ4v) is 3.91. The van der Waals surface area contributed by atoms with Crippen molar-refractivity contribution in [2.75, 3.05) is 4.90 Å². The Kier molecular flexibility index (Phi) is 4.92. The smallest absolute Gasteiger partial charge is 0.298 e. The Balaban J connectivity index is 1.98. The number of anilines is 1. The summed E-state index contributed by atoms with van der Waals surface area (Å²) in [6.45, 7) is 0. The molecule has 24 heavy (non-hydrogen) atoms. The highest BCUT2D eigenvalue weighted by Gasteiger charge is 2.36. The van der Waals surface area contributed by atoms with Gasteiger partial charge in [-0.3, -0.25) is 9.59 Å². The van der Waals surface area contributed by atoms with E-state index < -0.39 is 11.1 Å². The Hall–Kier alpha value is -1.47. The van der Waals surface area contributed by atoms with E-state index in [-0.39, 0.29) is 15.7 Å². The fourth-order valence-electron chi connectivity index (χ4n) is 2.12. The summed E-state index contributed by atoms with van der Waals surface area (Å²) in [6.07, 6.45) is 1.44. The zero-order chi connectivity index (χ0) is 17.4. The maximum absolute atomic E-state index is 12.5. The SMILES string of the molecule is O=C1S/C(=C\c2cc(Br)cc(Cl)c2O)C(=O)N1c1ccc(Cl)cc1. The minimum Gasteiger partial charge on any atom is -0.506 e. The van der Waals surface area contributed by atoms with Crippen molar-refractivity contribution in [1.82, 2.24) is 0 Å². The number of phenolic OH excluding ortho intramolecular Hbond substituents is 1. The second-order valence-corrected chi connectivity index (χ2v) is 7.57. The van der Waals surface area contributed by atoms with Gasteiger partial charge in [-0.15, -0.1) is 0 Å². The lowest BCUT2D eigenvalue weighted by Gasteiger charge is -2.12. The van der Waals surface area contributed by atoms with Gasteiger partial charge >= 0.3 is 0 Å². The highest BCUT2D eigenvalue weighted by Crippen LogP contribution is 2.39. The zero-order valence-electron chi connectivity index (χ0n) is 11.8. The minimum atomic E-state index is -0.470. The first-order valence-corrected chi connectivity index (χ1v) is 8.95. The number of phenols is 1. The molecule has 0 bridgehead atoms. The molecule has 0 spiro atoms. The molecule has 1 heterocycles. The lowest BCUT2D eigenvalue weighted by atomic mass is 10.2. The molecule has 8 heteroatoms. The molecule has 0 unspecified atom stereocenters. The predicted octanol–water partition coefficient (Wildman–Crippen LogP) is 5.70. The van der Waals surface area contributed by atoms with E-state index in [0.717, 1.165) is 16.7 Å². The summed E-state index contributed by atoms with van der Waals surface area (Å²) in [6, 6.07) is 9.53. The Labute approximate surface area is 160 Å². The molecule has 1 saturated heterocycles. The molecule has 4 nitrogen and oxygen atoms in total. The van der Waals surface area contributed by atoms with Crippen molar-refractivity contribution in [2.45, 2.75) is 0 Å². The molecule has 1 aliphatic heterocycles. The van der Waals surface area contributed by atoms with E-state index in [1.54, 1.807) is 30.3 Å². The largest absolute Gasteiger partial charge is 0.506 e. The molecule has 0 atom stereocenters. The van der Waals surface area contributed by atoms with Gasteiger partial charge in [0.1, 0.15) is 5.75 Å². The van der Waals surface area contributed by atoms with Crippen LogP contribution in [0.5, 0.6) is 5.75 Å². The zero-order valence-corrected chi connectivity index (χ0v) is 15.7. The molecule has 0 radical (unpaired) electrons. The van der Waals surface area contributed by atoms with Gasteiger partial charge in [0, 0.05) is 15.1 Å². The number of hydrogen-bond donors (Lipinski definition) is 1. The van der Waals surface area contributed by atoms with E-state index in [2.05, 4.69) is 15.9 Å². The van der Waals surface area contributed by atoms with Gasteiger partial charge in [0.15, 0.2) is 0 Å². The summed E-state index contributed by atoms with van der Waals surface area (Å²) in [4.78, 5) is 26.0. The molecule has 0 aliphatic carbocycles. The molecule has 2 aromatic carbocycles. The lowest BCUT2D eigenvalue weighted by Crippen LogP contribution is -2.27. The van der Waals surface area contributed by atoms with E-state index in [1.807, 2.05) is 0 Å². The standard InChI is InChI=1S/C16H8BrCl2NO3S/c17-9-5-8(14(21)12(19)7-9)6-13-15(22)20(16(23)24-13)11-3-1-10(18)2-4-11/h1-7,21H/b13-6-. The van der Waals surface area contributed by atoms with E-state index >= 15 is 0 Å². The second-order valence-electron chi connectivity index (χ2n) is 4.82. The number of hydrogen-bond acceptors (Lipinski definition) is 4. The van der Waals surface area contributed by atoms with Crippen LogP contribution in [0.2, 0.25) is 10.0 Å². The minimum absolute atomic E-state index is 0.146. The number of thioether (sulfide) groups is 1. The first kappa shape index (κ1) is 17.4. The van der Waals surface area contributed by atoms with Gasteiger partial charge in [0.2, 0.25) is 0 Å². The van der Waals surface area contributed by atoms with Crippen molar-refractivity contribution in [1.29, 1.82) is 0 Å². The molecule has 1 N–H and O–H groups in total. The van der Waals surface area contributed by atoms with Crippen LogP contribution >= 0.6 is 50.9 Å². The number of amides is 2. The van der Waals surface area contributed by atoms with Gasteiger partial charge in [-0.25, -0.2) is 4.90 Å². The summed E-state index contributed by atoms with van der Waals surface area (Å²) < 4.78 is 0.647. The van der Waals surface area contributed by atoms with Crippen LogP contribution in [0.3, 0.4) is 0 Å². The number of benzene rings is 2. The summed E-state index contributed by atoms with van der Waals surface area (Å²) in [5.74, 6) is -0.624. The topological polar surface area (TPSA) is 57.6 Å². The van der Waals surface area contributed by atoms with Gasteiger partial charge < -0.3 is 5.11 Å². The molecule has 2 aromatic rings. The molecule has 0 saturated carbocycles. The molecule has 2 amide bonds. The molecule has 1 fully saturated rings. The lowest BCUT2D eigenvalue weighted by molar-refractivity contribution is -0.113. The van der Waals surface area contributed by atoms with Gasteiger partial charge in [0.25, 0.3) is 11.1 Å². The Morgan fingerprint density at radius 3 is 2.46 bits per heavy atom. The number of aromatic hydroxyl groups is 1. The number of imide groups is 1. The highest BCUT2D eigenvalue weighted by atomic mass is 79.9. The molecular weight excluding hydrogens is 437 g/mol. The summed E-state index contributed by atoms with van der Waals surface area (Å²) in [5.41, 5.74) is 0.776. The van der Waals surface area contributed by atoms with Crippen LogP contribution in [0.25, 0.3) is 6.08 Å². The molecular formula is C16H8BrCl2NO3S. The average Bonchev–Trinajstić information content (AvgIpc) is 2.80. The maximum atomic E-state index is 12.5. The van der Waals surface area contributed by atoms with Crippen LogP contribution in [-0.4, -0.2) is 16.3 Å². The van der Waals surface area contributed by atoms with Crippen molar-refractivity contribution in [3.8, 4) is 5.75 Å². The third-order valence-electron chi connectivity index (χ3n) is 3.22. The maximum Gasteiger partial charge on any atom is 0.298 e. The first-order chi connectivity index (χ1) is 11.4. The highest BCUT2D eigenvalue weighted by molar-refractivity contribution is 9.10. The van der Waals surface area contributed by atoms with E-state index in [1.165, 1.54) is 12.1 Å².